The predicted molar refractivity (Wildman–Crippen MR) is 26.3 cm³/mol. The molecule has 6 nitrogen and oxygen atoms in total. The molecule has 0 saturated carbocycles. The van der Waals surface area contributed by atoms with Gasteiger partial charge in [0.05, 0.1) is 0 Å². The summed E-state index contributed by atoms with van der Waals surface area (Å²) in [7, 11) is 0. The number of hydrogen-bond acceptors (Lipinski definition) is 7. The fourth-order valence-corrected chi connectivity index (χ4v) is 0.185. The van der Waals surface area contributed by atoms with Gasteiger partial charge in [-0.05, 0) is 6.16 Å². The van der Waals surface area contributed by atoms with Gasteiger partial charge in [0.15, 0.2) is 0 Å². The smallest absolute Gasteiger partial charge is 0.652 e. The second-order valence-corrected chi connectivity index (χ2v) is 1.20. The molecule has 0 bridgehead atoms. The van der Waals surface area contributed by atoms with Crippen molar-refractivity contribution in [2.75, 3.05) is 0 Å². The van der Waals surface area contributed by atoms with Gasteiger partial charge < -0.3 is 15.0 Å². The van der Waals surface area contributed by atoms with E-state index in [0.717, 1.165) is 0 Å². The SMILES string of the molecule is O=C([O-])[O-].O=c1oso1.[Ba+2]. The molecule has 0 saturated heterocycles. The van der Waals surface area contributed by atoms with E-state index < -0.39 is 12.0 Å². The van der Waals surface area contributed by atoms with Crippen LogP contribution < -0.4 is 16.0 Å². The summed E-state index contributed by atoms with van der Waals surface area (Å²) in [6.45, 7) is 0. The molecule has 1 aromatic heterocycles. The van der Waals surface area contributed by atoms with Crippen molar-refractivity contribution < 1.29 is 22.7 Å². The molecule has 0 spiro atoms. The molecule has 10 heavy (non-hydrogen) atoms. The number of carboxylic acid groups (broad SMARTS) is 2. The van der Waals surface area contributed by atoms with Crippen molar-refractivity contribution >= 4 is 67.0 Å². The van der Waals surface area contributed by atoms with Crippen molar-refractivity contribution in [2.45, 2.75) is 0 Å². The summed E-state index contributed by atoms with van der Waals surface area (Å²) in [4.78, 5) is 17.8. The summed E-state index contributed by atoms with van der Waals surface area (Å²) in [6.07, 6.45) is -2.33. The molecule has 0 unspecified atom stereocenters. The van der Waals surface area contributed by atoms with Crippen LogP contribution in [0.4, 0.5) is 4.79 Å². The molecule has 0 N–H and O–H groups in total. The average molecular weight is 289 g/mol. The topological polar surface area (TPSA) is 107 Å². The maximum atomic E-state index is 9.43. The minimum absolute atomic E-state index is 0. The largest absolute Gasteiger partial charge is 2.00 e. The maximum Gasteiger partial charge on any atom is 2.00 e. The first kappa shape index (κ1) is 13.0. The second-order valence-electron chi connectivity index (χ2n) is 0.735. The Bertz CT molecular complexity index is 192. The third kappa shape index (κ3) is 11.2. The van der Waals surface area contributed by atoms with Gasteiger partial charge in [0.2, 0.25) is 0 Å². The normalized spacial score (nSPS) is 6.80. The Labute approximate surface area is 99.0 Å². The molecule has 0 aliphatic rings. The second kappa shape index (κ2) is 7.44. The molecular weight excluding hydrogens is 289 g/mol. The Balaban J connectivity index is 0. The molecule has 1 heterocycles. The fraction of sp³-hybridized carbons (Fsp3) is 0. The minimum Gasteiger partial charge on any atom is -0.652 e. The van der Waals surface area contributed by atoms with Crippen LogP contribution in [0.3, 0.4) is 0 Å². The third-order valence-electron chi connectivity index (χ3n) is 0.204. The number of carbonyl (C=O) groups is 1. The van der Waals surface area contributed by atoms with Crippen molar-refractivity contribution in [3.8, 4) is 0 Å². The van der Waals surface area contributed by atoms with Gasteiger partial charge in [0, 0.05) is 0 Å². The van der Waals surface area contributed by atoms with Crippen molar-refractivity contribution in [2.24, 2.45) is 0 Å². The van der Waals surface area contributed by atoms with Crippen LogP contribution >= 0.6 is 11.9 Å². The van der Waals surface area contributed by atoms with Gasteiger partial charge in [-0.15, -0.1) is 0 Å². The summed E-state index contributed by atoms with van der Waals surface area (Å²) in [6, 6.07) is 0. The summed E-state index contributed by atoms with van der Waals surface area (Å²) >= 11 is 0.696. The summed E-state index contributed by atoms with van der Waals surface area (Å²) in [5.41, 5.74) is 0. The van der Waals surface area contributed by atoms with Crippen LogP contribution in [-0.4, -0.2) is 55.0 Å². The monoisotopic (exact) mass is 290 g/mol. The van der Waals surface area contributed by atoms with E-state index in [-0.39, 0.29) is 48.9 Å². The van der Waals surface area contributed by atoms with E-state index in [1.807, 2.05) is 0 Å². The van der Waals surface area contributed by atoms with Gasteiger partial charge in [-0.2, -0.15) is 0 Å². The molecule has 1 aromatic rings. The van der Waals surface area contributed by atoms with Crippen LogP contribution in [0.25, 0.3) is 0 Å². The predicted octanol–water partition coefficient (Wildman–Crippen LogP) is -2.53. The number of carbonyl (C=O) groups excluding carboxylic acids is 1. The van der Waals surface area contributed by atoms with Gasteiger partial charge in [-0.25, -0.2) is 4.79 Å². The van der Waals surface area contributed by atoms with Crippen LogP contribution in [0.1, 0.15) is 0 Å². The Morgan fingerprint density at radius 3 is 1.60 bits per heavy atom. The first-order valence-electron chi connectivity index (χ1n) is 1.56. The van der Waals surface area contributed by atoms with E-state index in [1.165, 1.54) is 0 Å². The van der Waals surface area contributed by atoms with Crippen LogP contribution in [0.5, 0.6) is 0 Å². The molecule has 0 aromatic carbocycles. The zero-order chi connectivity index (χ0) is 7.28. The Kier molecular flexibility index (Phi) is 9.64. The van der Waals surface area contributed by atoms with Crippen LogP contribution in [-0.2, 0) is 0 Å². The Hall–Kier alpha value is 0.331. The average Bonchev–Trinajstić information content (AvgIpc) is 1.59. The first-order valence-corrected chi connectivity index (χ1v) is 2.22. The fourth-order valence-electron chi connectivity index (χ4n) is 0.0618. The Morgan fingerprint density at radius 1 is 1.40 bits per heavy atom. The van der Waals surface area contributed by atoms with E-state index in [0.29, 0.717) is 11.9 Å². The molecule has 0 aliphatic heterocycles. The summed E-state index contributed by atoms with van der Waals surface area (Å²) in [5, 5.41) is 16.7. The van der Waals surface area contributed by atoms with Crippen molar-refractivity contribution in [1.29, 1.82) is 0 Å². The number of hydrogen-bond donors (Lipinski definition) is 0. The summed E-state index contributed by atoms with van der Waals surface area (Å²) < 4.78 is 7.97. The minimum atomic E-state index is -2.33. The molecule has 0 atom stereocenters. The zero-order valence-electron chi connectivity index (χ0n) is 4.56. The van der Waals surface area contributed by atoms with Crippen LogP contribution in [0.2, 0.25) is 0 Å². The quantitative estimate of drug-likeness (QED) is 0.487. The van der Waals surface area contributed by atoms with Gasteiger partial charge >= 0.3 is 54.7 Å². The molecule has 8 heteroatoms. The van der Waals surface area contributed by atoms with Gasteiger partial charge in [0.1, 0.15) is 0 Å². The first-order chi connectivity index (χ1) is 4.13. The zero-order valence-corrected chi connectivity index (χ0v) is 9.82. The molecule has 0 aliphatic carbocycles. The molecule has 0 amide bonds. The molecule has 1 rings (SSSR count). The van der Waals surface area contributed by atoms with Crippen molar-refractivity contribution in [3.63, 3.8) is 0 Å². The van der Waals surface area contributed by atoms with E-state index in [9.17, 15) is 4.79 Å². The molecule has 0 radical (unpaired) electrons. The van der Waals surface area contributed by atoms with Gasteiger partial charge in [0.25, 0.3) is 11.9 Å². The van der Waals surface area contributed by atoms with E-state index >= 15 is 0 Å². The van der Waals surface area contributed by atoms with Crippen molar-refractivity contribution in [1.82, 2.24) is 0 Å². The van der Waals surface area contributed by atoms with E-state index in [1.54, 1.807) is 0 Å². The van der Waals surface area contributed by atoms with E-state index in [2.05, 4.69) is 7.70 Å². The summed E-state index contributed by atoms with van der Waals surface area (Å²) in [5.74, 6) is -0.602. The number of rotatable bonds is 0. The molecular formula is C2BaO6S. The maximum absolute atomic E-state index is 9.43. The molecule has 52 valence electrons. The van der Waals surface area contributed by atoms with Crippen LogP contribution in [0.15, 0.2) is 12.5 Å². The van der Waals surface area contributed by atoms with Gasteiger partial charge in [-0.1, -0.05) is 0 Å². The molecule has 0 fully saturated rings. The Morgan fingerprint density at radius 2 is 1.60 bits per heavy atom. The standard InChI is InChI=1S/CO3S.CH2O3.Ba/c2-1-3-5-4-1;2-1(3)4;/h;(H2,2,3,4);/q;;+2/p-2. The van der Waals surface area contributed by atoms with Crippen LogP contribution in [0, 0.1) is 0 Å². The van der Waals surface area contributed by atoms with E-state index in [4.69, 9.17) is 15.0 Å². The van der Waals surface area contributed by atoms with Crippen molar-refractivity contribution in [3.05, 3.63) is 10.6 Å². The third-order valence-corrected chi connectivity index (χ3v) is 0.612. The van der Waals surface area contributed by atoms with Gasteiger partial charge in [-0.3, -0.25) is 7.70 Å².